The summed E-state index contributed by atoms with van der Waals surface area (Å²) in [4.78, 5) is 2.69. The van der Waals surface area contributed by atoms with Gasteiger partial charge < -0.3 is 10.1 Å². The fraction of sp³-hybridized carbons (Fsp3) is 1.00. The second-order valence-electron chi connectivity index (χ2n) is 7.19. The molecule has 0 aromatic rings. The summed E-state index contributed by atoms with van der Waals surface area (Å²) in [6.07, 6.45) is 2.64. The third kappa shape index (κ3) is 2.59. The van der Waals surface area contributed by atoms with Gasteiger partial charge in [0.2, 0.25) is 0 Å². The van der Waals surface area contributed by atoms with Gasteiger partial charge in [0, 0.05) is 24.2 Å². The van der Waals surface area contributed by atoms with Crippen molar-refractivity contribution < 1.29 is 4.74 Å². The number of ether oxygens (including phenoxy) is 1. The van der Waals surface area contributed by atoms with E-state index < -0.39 is 0 Å². The SMILES string of the molecule is CCNC1C(N2CCOCC2(C)C)CCC1(C)C. The van der Waals surface area contributed by atoms with Crippen LogP contribution in [0.3, 0.4) is 0 Å². The normalized spacial score (nSPS) is 35.8. The van der Waals surface area contributed by atoms with Gasteiger partial charge in [-0.25, -0.2) is 0 Å². The molecule has 1 saturated heterocycles. The Hall–Kier alpha value is -0.120. The Morgan fingerprint density at radius 2 is 2.00 bits per heavy atom. The van der Waals surface area contributed by atoms with Gasteiger partial charge in [-0.3, -0.25) is 4.90 Å². The minimum Gasteiger partial charge on any atom is -0.378 e. The Bertz CT molecular complexity index is 288. The lowest BCUT2D eigenvalue weighted by molar-refractivity contribution is -0.0775. The number of hydrogen-bond donors (Lipinski definition) is 1. The molecule has 3 heteroatoms. The molecule has 1 heterocycles. The average Bonchev–Trinajstić information content (AvgIpc) is 2.56. The van der Waals surface area contributed by atoms with Gasteiger partial charge in [0.05, 0.1) is 13.2 Å². The molecule has 1 aliphatic carbocycles. The van der Waals surface area contributed by atoms with Crippen molar-refractivity contribution in [3.8, 4) is 0 Å². The van der Waals surface area contributed by atoms with Crippen LogP contribution in [-0.4, -0.2) is 48.8 Å². The third-order valence-corrected chi connectivity index (χ3v) is 4.84. The zero-order chi connectivity index (χ0) is 13.4. The molecule has 1 N–H and O–H groups in total. The van der Waals surface area contributed by atoms with E-state index in [1.807, 2.05) is 0 Å². The fourth-order valence-electron chi connectivity index (χ4n) is 3.82. The monoisotopic (exact) mass is 254 g/mol. The summed E-state index contributed by atoms with van der Waals surface area (Å²) in [6.45, 7) is 15.6. The van der Waals surface area contributed by atoms with E-state index in [0.29, 0.717) is 17.5 Å². The lowest BCUT2D eigenvalue weighted by atomic mass is 9.85. The van der Waals surface area contributed by atoms with Crippen LogP contribution in [0.1, 0.15) is 47.5 Å². The van der Waals surface area contributed by atoms with E-state index in [9.17, 15) is 0 Å². The zero-order valence-electron chi connectivity index (χ0n) is 12.8. The van der Waals surface area contributed by atoms with Gasteiger partial charge in [-0.2, -0.15) is 0 Å². The molecule has 18 heavy (non-hydrogen) atoms. The van der Waals surface area contributed by atoms with Gasteiger partial charge in [0.1, 0.15) is 0 Å². The lowest BCUT2D eigenvalue weighted by Crippen LogP contribution is -2.62. The predicted octanol–water partition coefficient (Wildman–Crippen LogP) is 2.26. The highest BCUT2D eigenvalue weighted by Crippen LogP contribution is 2.42. The third-order valence-electron chi connectivity index (χ3n) is 4.84. The molecule has 3 nitrogen and oxygen atoms in total. The van der Waals surface area contributed by atoms with Gasteiger partial charge in [0.25, 0.3) is 0 Å². The minimum absolute atomic E-state index is 0.178. The van der Waals surface area contributed by atoms with Gasteiger partial charge in [0.15, 0.2) is 0 Å². The highest BCUT2D eigenvalue weighted by Gasteiger charge is 2.47. The molecule has 2 fully saturated rings. The summed E-state index contributed by atoms with van der Waals surface area (Å²) >= 11 is 0. The Labute approximate surface area is 112 Å². The Balaban J connectivity index is 2.16. The molecule has 2 unspecified atom stereocenters. The van der Waals surface area contributed by atoms with E-state index >= 15 is 0 Å². The van der Waals surface area contributed by atoms with Crippen molar-refractivity contribution in [3.63, 3.8) is 0 Å². The molecular formula is C15H30N2O. The second-order valence-corrected chi connectivity index (χ2v) is 7.19. The molecule has 2 rings (SSSR count). The summed E-state index contributed by atoms with van der Waals surface area (Å²) in [7, 11) is 0. The molecular weight excluding hydrogens is 224 g/mol. The van der Waals surface area contributed by atoms with Gasteiger partial charge in [-0.15, -0.1) is 0 Å². The number of rotatable bonds is 3. The van der Waals surface area contributed by atoms with Crippen molar-refractivity contribution in [2.24, 2.45) is 5.41 Å². The van der Waals surface area contributed by atoms with E-state index in [4.69, 9.17) is 4.74 Å². The lowest BCUT2D eigenvalue weighted by Gasteiger charge is -2.48. The average molecular weight is 254 g/mol. The van der Waals surface area contributed by atoms with Gasteiger partial charge in [-0.1, -0.05) is 20.8 Å². The summed E-state index contributed by atoms with van der Waals surface area (Å²) < 4.78 is 5.66. The number of nitrogens with one attached hydrogen (secondary N) is 1. The molecule has 1 aliphatic heterocycles. The van der Waals surface area contributed by atoms with Crippen molar-refractivity contribution in [1.29, 1.82) is 0 Å². The topological polar surface area (TPSA) is 24.5 Å². The van der Waals surface area contributed by atoms with Gasteiger partial charge >= 0.3 is 0 Å². The zero-order valence-corrected chi connectivity index (χ0v) is 12.8. The van der Waals surface area contributed by atoms with Crippen LogP contribution >= 0.6 is 0 Å². The van der Waals surface area contributed by atoms with E-state index in [0.717, 1.165) is 26.3 Å². The van der Waals surface area contributed by atoms with Gasteiger partial charge in [-0.05, 0) is 38.6 Å². The fourth-order valence-corrected chi connectivity index (χ4v) is 3.82. The highest BCUT2D eigenvalue weighted by molar-refractivity contribution is 5.04. The molecule has 0 bridgehead atoms. The van der Waals surface area contributed by atoms with Crippen molar-refractivity contribution >= 4 is 0 Å². The maximum Gasteiger partial charge on any atom is 0.0645 e. The summed E-state index contributed by atoms with van der Waals surface area (Å²) in [5, 5.41) is 3.74. The molecule has 106 valence electrons. The largest absolute Gasteiger partial charge is 0.378 e. The quantitative estimate of drug-likeness (QED) is 0.836. The molecule has 0 spiro atoms. The Morgan fingerprint density at radius 1 is 1.28 bits per heavy atom. The maximum atomic E-state index is 5.66. The molecule has 0 radical (unpaired) electrons. The number of nitrogens with zero attached hydrogens (tertiary/aromatic N) is 1. The summed E-state index contributed by atoms with van der Waals surface area (Å²) in [6, 6.07) is 1.28. The van der Waals surface area contributed by atoms with Crippen LogP contribution < -0.4 is 5.32 Å². The molecule has 0 aromatic carbocycles. The van der Waals surface area contributed by atoms with Crippen LogP contribution in [0.2, 0.25) is 0 Å². The number of morpholine rings is 1. The van der Waals surface area contributed by atoms with Crippen molar-refractivity contribution in [1.82, 2.24) is 10.2 Å². The van der Waals surface area contributed by atoms with E-state index in [-0.39, 0.29) is 5.54 Å². The standard InChI is InChI=1S/C15H30N2O/c1-6-16-13-12(7-8-14(13,2)3)17-9-10-18-11-15(17,4)5/h12-13,16H,6-11H2,1-5H3. The predicted molar refractivity (Wildman–Crippen MR) is 75.9 cm³/mol. The summed E-state index contributed by atoms with van der Waals surface area (Å²) in [5.41, 5.74) is 0.589. The molecule has 2 aliphatic rings. The van der Waals surface area contributed by atoms with Crippen molar-refractivity contribution in [2.75, 3.05) is 26.3 Å². The first-order valence-corrected chi connectivity index (χ1v) is 7.46. The molecule has 2 atom stereocenters. The highest BCUT2D eigenvalue weighted by atomic mass is 16.5. The molecule has 0 aromatic heterocycles. The van der Waals surface area contributed by atoms with E-state index in [2.05, 4.69) is 44.8 Å². The Kier molecular flexibility index (Phi) is 4.05. The van der Waals surface area contributed by atoms with Crippen LogP contribution in [0.5, 0.6) is 0 Å². The van der Waals surface area contributed by atoms with Crippen LogP contribution in [0.25, 0.3) is 0 Å². The van der Waals surface area contributed by atoms with Crippen LogP contribution in [-0.2, 0) is 4.74 Å². The minimum atomic E-state index is 0.178. The Morgan fingerprint density at radius 3 is 2.61 bits per heavy atom. The first-order chi connectivity index (χ1) is 8.38. The first-order valence-electron chi connectivity index (χ1n) is 7.46. The van der Waals surface area contributed by atoms with E-state index in [1.54, 1.807) is 0 Å². The first kappa shape index (κ1) is 14.3. The molecule has 0 amide bonds. The number of likely N-dealkylation sites (N-methyl/N-ethyl adjacent to an activating group) is 1. The van der Waals surface area contributed by atoms with Crippen LogP contribution in [0, 0.1) is 5.41 Å². The maximum absolute atomic E-state index is 5.66. The van der Waals surface area contributed by atoms with E-state index in [1.165, 1.54) is 12.8 Å². The van der Waals surface area contributed by atoms with Crippen LogP contribution in [0.4, 0.5) is 0 Å². The van der Waals surface area contributed by atoms with Crippen LogP contribution in [0.15, 0.2) is 0 Å². The molecule has 1 saturated carbocycles. The smallest absolute Gasteiger partial charge is 0.0645 e. The summed E-state index contributed by atoms with van der Waals surface area (Å²) in [5.74, 6) is 0. The van der Waals surface area contributed by atoms with Crippen molar-refractivity contribution in [2.45, 2.75) is 65.1 Å². The number of hydrogen-bond acceptors (Lipinski definition) is 3. The second kappa shape index (κ2) is 5.10. The van der Waals surface area contributed by atoms with Crippen molar-refractivity contribution in [3.05, 3.63) is 0 Å².